The van der Waals surface area contributed by atoms with Gasteiger partial charge >= 0.3 is 5.69 Å². The van der Waals surface area contributed by atoms with Crippen molar-refractivity contribution in [1.82, 2.24) is 0 Å². The van der Waals surface area contributed by atoms with Gasteiger partial charge in [0.2, 0.25) is 0 Å². The van der Waals surface area contributed by atoms with E-state index in [9.17, 15) is 15.2 Å². The number of nitro benzene ring substituents is 1. The van der Waals surface area contributed by atoms with Gasteiger partial charge in [-0.2, -0.15) is 0 Å². The summed E-state index contributed by atoms with van der Waals surface area (Å²) >= 11 is 0. The number of hydrogen-bond acceptors (Lipinski definition) is 5. The molecule has 1 atom stereocenters. The van der Waals surface area contributed by atoms with Gasteiger partial charge in [-0.3, -0.25) is 10.1 Å². The molecule has 1 aromatic carbocycles. The average Bonchev–Trinajstić information content (AvgIpc) is 2.26. The van der Waals surface area contributed by atoms with Crippen LogP contribution in [-0.2, 0) is 4.74 Å². The van der Waals surface area contributed by atoms with Gasteiger partial charge < -0.3 is 14.6 Å². The topological polar surface area (TPSA) is 81.8 Å². The summed E-state index contributed by atoms with van der Waals surface area (Å²) in [7, 11) is 2.66. The number of rotatable bonds is 4. The van der Waals surface area contributed by atoms with E-state index < -0.39 is 11.2 Å². The number of nitrogens with zero attached hydrogens (tertiary/aromatic N) is 1. The standard InChI is InChI=1S/C9H11NO5/c1-14-8-5-6(9(11)15-2)3-4-7(8)10(12)13/h3-5,9,11H,1-2H3/t9-/m0/s1. The fraction of sp³-hybridized carbons (Fsp3) is 0.333. The third-order valence-electron chi connectivity index (χ3n) is 1.91. The van der Waals surface area contributed by atoms with Gasteiger partial charge in [-0.25, -0.2) is 0 Å². The first-order valence-corrected chi connectivity index (χ1v) is 4.13. The third kappa shape index (κ3) is 2.42. The minimum absolute atomic E-state index is 0.0913. The Kier molecular flexibility index (Phi) is 3.59. The van der Waals surface area contributed by atoms with Gasteiger partial charge in [0.15, 0.2) is 12.0 Å². The molecule has 0 aliphatic carbocycles. The normalized spacial score (nSPS) is 12.2. The summed E-state index contributed by atoms with van der Waals surface area (Å²) in [5.74, 6) is 0.0913. The van der Waals surface area contributed by atoms with E-state index in [4.69, 9.17) is 4.74 Å². The van der Waals surface area contributed by atoms with E-state index in [0.717, 1.165) is 0 Å². The molecule has 1 rings (SSSR count). The molecule has 0 aromatic heterocycles. The molecule has 0 saturated heterocycles. The Bertz CT molecular complexity index is 366. The lowest BCUT2D eigenvalue weighted by atomic mass is 10.2. The van der Waals surface area contributed by atoms with Crippen LogP contribution in [0.2, 0.25) is 0 Å². The van der Waals surface area contributed by atoms with E-state index in [1.54, 1.807) is 0 Å². The molecule has 1 N–H and O–H groups in total. The lowest BCUT2D eigenvalue weighted by Gasteiger charge is -2.09. The third-order valence-corrected chi connectivity index (χ3v) is 1.91. The molecule has 0 heterocycles. The number of nitro groups is 1. The van der Waals surface area contributed by atoms with E-state index in [1.807, 2.05) is 0 Å². The van der Waals surface area contributed by atoms with Crippen molar-refractivity contribution in [2.75, 3.05) is 14.2 Å². The second kappa shape index (κ2) is 4.72. The molecular weight excluding hydrogens is 202 g/mol. The quantitative estimate of drug-likeness (QED) is 0.462. The van der Waals surface area contributed by atoms with Gasteiger partial charge in [-0.1, -0.05) is 0 Å². The fourth-order valence-electron chi connectivity index (χ4n) is 1.13. The number of methoxy groups -OCH3 is 2. The molecular formula is C9H11NO5. The molecule has 82 valence electrons. The first-order valence-electron chi connectivity index (χ1n) is 4.13. The second-order valence-electron chi connectivity index (χ2n) is 2.78. The molecule has 0 spiro atoms. The van der Waals surface area contributed by atoms with Crippen molar-refractivity contribution >= 4 is 5.69 Å². The zero-order valence-electron chi connectivity index (χ0n) is 8.34. The summed E-state index contributed by atoms with van der Waals surface area (Å²) in [6.07, 6.45) is -1.11. The van der Waals surface area contributed by atoms with Crippen molar-refractivity contribution in [1.29, 1.82) is 0 Å². The molecule has 0 radical (unpaired) electrons. The van der Waals surface area contributed by atoms with Crippen LogP contribution in [-0.4, -0.2) is 24.2 Å². The van der Waals surface area contributed by atoms with Crippen LogP contribution < -0.4 is 4.74 Å². The van der Waals surface area contributed by atoms with Gasteiger partial charge in [0.25, 0.3) is 0 Å². The molecule has 6 heteroatoms. The Morgan fingerprint density at radius 1 is 1.47 bits per heavy atom. The molecule has 15 heavy (non-hydrogen) atoms. The van der Waals surface area contributed by atoms with Crippen LogP contribution in [0, 0.1) is 10.1 Å². The van der Waals surface area contributed by atoms with Gasteiger partial charge in [-0.05, 0) is 12.1 Å². The highest BCUT2D eigenvalue weighted by atomic mass is 16.6. The van der Waals surface area contributed by atoms with Gasteiger partial charge in [0.1, 0.15) is 0 Å². The van der Waals surface area contributed by atoms with E-state index >= 15 is 0 Å². The summed E-state index contributed by atoms with van der Waals surface area (Å²) in [5.41, 5.74) is 0.254. The van der Waals surface area contributed by atoms with Gasteiger partial charge in [-0.15, -0.1) is 0 Å². The predicted octanol–water partition coefficient (Wildman–Crippen LogP) is 1.24. The smallest absolute Gasteiger partial charge is 0.310 e. The van der Waals surface area contributed by atoms with Crippen LogP contribution in [0.3, 0.4) is 0 Å². The summed E-state index contributed by atoms with van der Waals surface area (Å²) < 4.78 is 9.50. The Morgan fingerprint density at radius 2 is 2.13 bits per heavy atom. The van der Waals surface area contributed by atoms with Crippen molar-refractivity contribution < 1.29 is 19.5 Å². The zero-order valence-corrected chi connectivity index (χ0v) is 8.34. The van der Waals surface area contributed by atoms with E-state index in [1.165, 1.54) is 32.4 Å². The SMILES string of the molecule is COc1cc([C@@H](O)OC)ccc1[N+](=O)[O-]. The van der Waals surface area contributed by atoms with Gasteiger partial charge in [0.05, 0.1) is 12.0 Å². The number of ether oxygens (including phenoxy) is 2. The van der Waals surface area contributed by atoms with Crippen molar-refractivity contribution in [3.63, 3.8) is 0 Å². The van der Waals surface area contributed by atoms with E-state index in [0.29, 0.717) is 5.56 Å². The zero-order chi connectivity index (χ0) is 11.4. The van der Waals surface area contributed by atoms with Crippen molar-refractivity contribution in [2.24, 2.45) is 0 Å². The molecule has 0 aliphatic heterocycles. The summed E-state index contributed by atoms with van der Waals surface area (Å²) in [6.45, 7) is 0. The first kappa shape index (κ1) is 11.4. The Morgan fingerprint density at radius 3 is 2.60 bits per heavy atom. The van der Waals surface area contributed by atoms with Crippen molar-refractivity contribution in [3.05, 3.63) is 33.9 Å². The minimum Gasteiger partial charge on any atom is -0.490 e. The number of aliphatic hydroxyl groups excluding tert-OH is 1. The van der Waals surface area contributed by atoms with Crippen molar-refractivity contribution in [2.45, 2.75) is 6.29 Å². The van der Waals surface area contributed by atoms with E-state index in [-0.39, 0.29) is 11.4 Å². The Balaban J connectivity index is 3.13. The van der Waals surface area contributed by atoms with E-state index in [2.05, 4.69) is 4.74 Å². The highest BCUT2D eigenvalue weighted by molar-refractivity contribution is 5.48. The molecule has 0 saturated carbocycles. The van der Waals surface area contributed by atoms with Crippen LogP contribution in [0.15, 0.2) is 18.2 Å². The maximum absolute atomic E-state index is 10.6. The van der Waals surface area contributed by atoms with Crippen molar-refractivity contribution in [3.8, 4) is 5.75 Å². The molecule has 6 nitrogen and oxygen atoms in total. The molecule has 1 aromatic rings. The fourth-order valence-corrected chi connectivity index (χ4v) is 1.13. The maximum Gasteiger partial charge on any atom is 0.310 e. The van der Waals surface area contributed by atoms with Gasteiger partial charge in [0, 0.05) is 18.7 Å². The molecule has 0 fully saturated rings. The maximum atomic E-state index is 10.6. The number of benzene rings is 1. The highest BCUT2D eigenvalue weighted by Crippen LogP contribution is 2.29. The monoisotopic (exact) mass is 213 g/mol. The van der Waals surface area contributed by atoms with Crippen LogP contribution in [0.1, 0.15) is 11.9 Å². The number of hydrogen-bond donors (Lipinski definition) is 1. The Hall–Kier alpha value is -1.66. The summed E-state index contributed by atoms with van der Waals surface area (Å²) in [4.78, 5) is 10.0. The lowest BCUT2D eigenvalue weighted by molar-refractivity contribution is -0.385. The second-order valence-corrected chi connectivity index (χ2v) is 2.78. The summed E-state index contributed by atoms with van der Waals surface area (Å²) in [5, 5.41) is 19.9. The largest absolute Gasteiger partial charge is 0.490 e. The molecule has 0 unspecified atom stereocenters. The number of aliphatic hydroxyl groups is 1. The molecule has 0 aliphatic rings. The average molecular weight is 213 g/mol. The molecule has 0 amide bonds. The lowest BCUT2D eigenvalue weighted by Crippen LogP contribution is -2.01. The van der Waals surface area contributed by atoms with Crippen LogP contribution >= 0.6 is 0 Å². The predicted molar refractivity (Wildman–Crippen MR) is 51.6 cm³/mol. The van der Waals surface area contributed by atoms with Crippen LogP contribution in [0.25, 0.3) is 0 Å². The van der Waals surface area contributed by atoms with Crippen LogP contribution in [0.4, 0.5) is 5.69 Å². The van der Waals surface area contributed by atoms with Crippen LogP contribution in [0.5, 0.6) is 5.75 Å². The highest BCUT2D eigenvalue weighted by Gasteiger charge is 2.17. The summed E-state index contributed by atoms with van der Waals surface area (Å²) in [6, 6.07) is 4.04. The molecule has 0 bridgehead atoms. The minimum atomic E-state index is -1.11. The Labute approximate surface area is 86.2 Å². The first-order chi connectivity index (χ1) is 7.10.